The molecule has 4 rings (SSSR count). The number of carbonyl (C=O) groups excluding carboxylic acids is 1. The summed E-state index contributed by atoms with van der Waals surface area (Å²) in [6, 6.07) is 20.1. The molecule has 3 aromatic rings. The zero-order valence-electron chi connectivity index (χ0n) is 17.7. The van der Waals surface area contributed by atoms with Gasteiger partial charge in [0.15, 0.2) is 0 Å². The molecule has 6 heteroatoms. The minimum Gasteiger partial charge on any atom is -0.363 e. The van der Waals surface area contributed by atoms with Gasteiger partial charge in [0.1, 0.15) is 17.5 Å². The Bertz CT molecular complexity index is 1010. The molecular formula is C24H27N5O. The van der Waals surface area contributed by atoms with Crippen molar-refractivity contribution in [2.24, 2.45) is 0 Å². The Balaban J connectivity index is 1.41. The number of anilines is 2. The topological polar surface area (TPSA) is 52.6 Å². The SMILES string of the molecule is Cc1nc(N(C)C)cc(N2CCN(C(=O)c3ccc(-c4ccccc4)cc3)CC2)n1. The number of amides is 1. The minimum absolute atomic E-state index is 0.0853. The van der Waals surface area contributed by atoms with Crippen LogP contribution in [0, 0.1) is 6.92 Å². The maximum Gasteiger partial charge on any atom is 0.253 e. The molecule has 0 atom stereocenters. The second-order valence-electron chi connectivity index (χ2n) is 7.75. The average molecular weight is 402 g/mol. The maximum atomic E-state index is 13.0. The standard InChI is InChI=1S/C24H27N5O/c1-18-25-22(27(2)3)17-23(26-18)28-13-15-29(16-14-28)24(30)21-11-9-20(10-12-21)19-7-5-4-6-8-19/h4-12,17H,13-16H2,1-3H3. The lowest BCUT2D eigenvalue weighted by Crippen LogP contribution is -2.49. The van der Waals surface area contributed by atoms with E-state index < -0.39 is 0 Å². The number of aryl methyl sites for hydroxylation is 1. The van der Waals surface area contributed by atoms with Crippen LogP contribution in [0.2, 0.25) is 0 Å². The van der Waals surface area contributed by atoms with Crippen LogP contribution in [0.1, 0.15) is 16.2 Å². The maximum absolute atomic E-state index is 13.0. The number of benzene rings is 2. The number of rotatable bonds is 4. The van der Waals surface area contributed by atoms with Gasteiger partial charge in [-0.1, -0.05) is 42.5 Å². The molecule has 0 bridgehead atoms. The number of aromatic nitrogens is 2. The van der Waals surface area contributed by atoms with Gasteiger partial charge in [-0.25, -0.2) is 9.97 Å². The third kappa shape index (κ3) is 4.27. The lowest BCUT2D eigenvalue weighted by Gasteiger charge is -2.35. The molecule has 1 aliphatic rings. The van der Waals surface area contributed by atoms with Crippen LogP contribution in [0.25, 0.3) is 11.1 Å². The van der Waals surface area contributed by atoms with Gasteiger partial charge in [-0.15, -0.1) is 0 Å². The molecule has 1 amide bonds. The fourth-order valence-corrected chi connectivity index (χ4v) is 3.68. The molecular weight excluding hydrogens is 374 g/mol. The van der Waals surface area contributed by atoms with E-state index in [1.165, 1.54) is 0 Å². The first-order valence-corrected chi connectivity index (χ1v) is 10.2. The molecule has 30 heavy (non-hydrogen) atoms. The molecule has 1 saturated heterocycles. The summed E-state index contributed by atoms with van der Waals surface area (Å²) in [7, 11) is 3.95. The highest BCUT2D eigenvalue weighted by Gasteiger charge is 2.23. The largest absolute Gasteiger partial charge is 0.363 e. The molecule has 2 aromatic carbocycles. The van der Waals surface area contributed by atoms with E-state index >= 15 is 0 Å². The Labute approximate surface area is 177 Å². The Morgan fingerprint density at radius 2 is 1.50 bits per heavy atom. The van der Waals surface area contributed by atoms with Gasteiger partial charge < -0.3 is 14.7 Å². The van der Waals surface area contributed by atoms with E-state index in [1.807, 2.05) is 79.3 Å². The van der Waals surface area contributed by atoms with Crippen LogP contribution in [0.15, 0.2) is 60.7 Å². The molecule has 1 fully saturated rings. The first-order chi connectivity index (χ1) is 14.5. The van der Waals surface area contributed by atoms with Crippen molar-refractivity contribution in [1.29, 1.82) is 0 Å². The van der Waals surface area contributed by atoms with Crippen molar-refractivity contribution in [2.45, 2.75) is 6.92 Å². The lowest BCUT2D eigenvalue weighted by atomic mass is 10.0. The van der Waals surface area contributed by atoms with Crippen molar-refractivity contribution >= 4 is 17.5 Å². The first-order valence-electron chi connectivity index (χ1n) is 10.2. The van der Waals surface area contributed by atoms with E-state index in [2.05, 4.69) is 27.0 Å². The van der Waals surface area contributed by atoms with E-state index in [0.29, 0.717) is 13.1 Å². The highest BCUT2D eigenvalue weighted by atomic mass is 16.2. The van der Waals surface area contributed by atoms with Crippen LogP contribution >= 0.6 is 0 Å². The van der Waals surface area contributed by atoms with Gasteiger partial charge in [0, 0.05) is 51.9 Å². The summed E-state index contributed by atoms with van der Waals surface area (Å²) >= 11 is 0. The summed E-state index contributed by atoms with van der Waals surface area (Å²) in [4.78, 5) is 28.2. The fourth-order valence-electron chi connectivity index (χ4n) is 3.68. The molecule has 0 unspecified atom stereocenters. The molecule has 6 nitrogen and oxygen atoms in total. The van der Waals surface area contributed by atoms with Crippen LogP contribution in [0.5, 0.6) is 0 Å². The Hall–Kier alpha value is -3.41. The van der Waals surface area contributed by atoms with Crippen LogP contribution in [0.4, 0.5) is 11.6 Å². The molecule has 2 heterocycles. The molecule has 1 aliphatic heterocycles. The summed E-state index contributed by atoms with van der Waals surface area (Å²) in [5.41, 5.74) is 3.01. The Kier molecular flexibility index (Phi) is 5.65. The summed E-state index contributed by atoms with van der Waals surface area (Å²) < 4.78 is 0. The van der Waals surface area contributed by atoms with Crippen molar-refractivity contribution in [2.75, 3.05) is 50.1 Å². The van der Waals surface area contributed by atoms with Crippen molar-refractivity contribution in [3.63, 3.8) is 0 Å². The van der Waals surface area contributed by atoms with Gasteiger partial charge in [0.05, 0.1) is 0 Å². The smallest absolute Gasteiger partial charge is 0.253 e. The highest BCUT2D eigenvalue weighted by Crippen LogP contribution is 2.22. The number of hydrogen-bond acceptors (Lipinski definition) is 5. The van der Waals surface area contributed by atoms with E-state index in [0.717, 1.165) is 47.2 Å². The predicted molar refractivity (Wildman–Crippen MR) is 121 cm³/mol. The van der Waals surface area contributed by atoms with Gasteiger partial charge in [-0.3, -0.25) is 4.79 Å². The zero-order chi connectivity index (χ0) is 21.1. The molecule has 0 spiro atoms. The molecule has 154 valence electrons. The first kappa shape index (κ1) is 19.9. The molecule has 0 aliphatic carbocycles. The summed E-state index contributed by atoms with van der Waals surface area (Å²) in [5.74, 6) is 2.66. The van der Waals surface area contributed by atoms with Gasteiger partial charge in [0.2, 0.25) is 0 Å². The molecule has 1 aromatic heterocycles. The summed E-state index contributed by atoms with van der Waals surface area (Å²) in [6.45, 7) is 4.79. The van der Waals surface area contributed by atoms with Crippen molar-refractivity contribution < 1.29 is 4.79 Å². The van der Waals surface area contributed by atoms with Crippen LogP contribution in [-0.4, -0.2) is 61.0 Å². The quantitative estimate of drug-likeness (QED) is 0.670. The number of hydrogen-bond donors (Lipinski definition) is 0. The van der Waals surface area contributed by atoms with Gasteiger partial charge in [-0.05, 0) is 30.2 Å². The van der Waals surface area contributed by atoms with Gasteiger partial charge in [-0.2, -0.15) is 0 Å². The second-order valence-corrected chi connectivity index (χ2v) is 7.75. The third-order valence-electron chi connectivity index (χ3n) is 5.40. The van der Waals surface area contributed by atoms with Crippen LogP contribution in [0.3, 0.4) is 0 Å². The summed E-state index contributed by atoms with van der Waals surface area (Å²) in [6.07, 6.45) is 0. The average Bonchev–Trinajstić information content (AvgIpc) is 2.79. The third-order valence-corrected chi connectivity index (χ3v) is 5.40. The van der Waals surface area contributed by atoms with E-state index in [9.17, 15) is 4.79 Å². The molecule has 0 saturated carbocycles. The second kappa shape index (κ2) is 8.53. The normalized spacial score (nSPS) is 14.0. The number of nitrogens with zero attached hydrogens (tertiary/aromatic N) is 5. The number of piperazine rings is 1. The fraction of sp³-hybridized carbons (Fsp3) is 0.292. The molecule has 0 N–H and O–H groups in total. The van der Waals surface area contributed by atoms with Crippen molar-refractivity contribution in [3.05, 3.63) is 72.1 Å². The van der Waals surface area contributed by atoms with E-state index in [-0.39, 0.29) is 5.91 Å². The van der Waals surface area contributed by atoms with E-state index in [4.69, 9.17) is 0 Å². The monoisotopic (exact) mass is 401 g/mol. The predicted octanol–water partition coefficient (Wildman–Crippen LogP) is 3.48. The van der Waals surface area contributed by atoms with Crippen molar-refractivity contribution in [1.82, 2.24) is 14.9 Å². The molecule has 0 radical (unpaired) electrons. The van der Waals surface area contributed by atoms with Crippen molar-refractivity contribution in [3.8, 4) is 11.1 Å². The van der Waals surface area contributed by atoms with Crippen LogP contribution < -0.4 is 9.80 Å². The summed E-state index contributed by atoms with van der Waals surface area (Å²) in [5, 5.41) is 0. The minimum atomic E-state index is 0.0853. The Morgan fingerprint density at radius 1 is 0.867 bits per heavy atom. The van der Waals surface area contributed by atoms with E-state index in [1.54, 1.807) is 0 Å². The Morgan fingerprint density at radius 3 is 2.13 bits per heavy atom. The van der Waals surface area contributed by atoms with Gasteiger partial charge in [0.25, 0.3) is 5.91 Å². The highest BCUT2D eigenvalue weighted by molar-refractivity contribution is 5.95. The zero-order valence-corrected chi connectivity index (χ0v) is 17.7. The van der Waals surface area contributed by atoms with Crippen LogP contribution in [-0.2, 0) is 0 Å². The number of carbonyl (C=O) groups is 1. The lowest BCUT2D eigenvalue weighted by molar-refractivity contribution is 0.0746. The van der Waals surface area contributed by atoms with Gasteiger partial charge >= 0.3 is 0 Å².